The molecular formula is C13H11BrClN3O. The molecule has 1 aliphatic rings. The number of amides is 1. The molecule has 0 saturated heterocycles. The number of hydrogen-bond acceptors (Lipinski definition) is 2. The van der Waals surface area contributed by atoms with E-state index in [9.17, 15) is 4.79 Å². The second kappa shape index (κ2) is 4.98. The van der Waals surface area contributed by atoms with Crippen LogP contribution in [0.4, 0.5) is 5.82 Å². The van der Waals surface area contributed by atoms with Crippen LogP contribution in [0.2, 0.25) is 5.02 Å². The van der Waals surface area contributed by atoms with Crippen LogP contribution >= 0.6 is 27.5 Å². The molecular weight excluding hydrogens is 330 g/mol. The van der Waals surface area contributed by atoms with Crippen molar-refractivity contribution < 1.29 is 4.79 Å². The van der Waals surface area contributed by atoms with Crippen molar-refractivity contribution in [3.05, 3.63) is 45.8 Å². The summed E-state index contributed by atoms with van der Waals surface area (Å²) in [4.78, 5) is 16.3. The Morgan fingerprint density at radius 3 is 3.00 bits per heavy atom. The highest BCUT2D eigenvalue weighted by Gasteiger charge is 2.28. The highest BCUT2D eigenvalue weighted by atomic mass is 79.9. The molecule has 19 heavy (non-hydrogen) atoms. The van der Waals surface area contributed by atoms with Crippen LogP contribution in [-0.4, -0.2) is 15.5 Å². The second-order valence-electron chi connectivity index (χ2n) is 4.47. The molecule has 1 amide bonds. The van der Waals surface area contributed by atoms with E-state index < -0.39 is 0 Å². The smallest absolute Gasteiger partial charge is 0.273 e. The third-order valence-corrected chi connectivity index (χ3v) is 3.72. The summed E-state index contributed by atoms with van der Waals surface area (Å²) in [6.45, 7) is 0. The van der Waals surface area contributed by atoms with Crippen molar-refractivity contribution in [3.8, 4) is 0 Å². The number of anilines is 1. The average Bonchev–Trinajstić information content (AvgIpc) is 3.15. The Bertz CT molecular complexity index is 637. The van der Waals surface area contributed by atoms with Gasteiger partial charge < -0.3 is 9.88 Å². The minimum Gasteiger partial charge on any atom is -0.339 e. The summed E-state index contributed by atoms with van der Waals surface area (Å²) < 4.78 is 2.90. The van der Waals surface area contributed by atoms with Crippen molar-refractivity contribution in [1.29, 1.82) is 0 Å². The predicted molar refractivity (Wildman–Crippen MR) is 77.6 cm³/mol. The first-order valence-corrected chi connectivity index (χ1v) is 7.11. The summed E-state index contributed by atoms with van der Waals surface area (Å²) in [6, 6.07) is 5.66. The first kappa shape index (κ1) is 12.7. The van der Waals surface area contributed by atoms with Crippen molar-refractivity contribution in [2.75, 3.05) is 5.32 Å². The Morgan fingerprint density at radius 2 is 2.32 bits per heavy atom. The number of carbonyl (C=O) groups excluding carboxylic acids is 1. The van der Waals surface area contributed by atoms with E-state index in [0.717, 1.165) is 17.3 Å². The zero-order valence-corrected chi connectivity index (χ0v) is 12.3. The van der Waals surface area contributed by atoms with Crippen LogP contribution in [0.25, 0.3) is 0 Å². The molecule has 0 aromatic carbocycles. The lowest BCUT2D eigenvalue weighted by Gasteiger charge is -2.08. The number of carbonyl (C=O) groups is 1. The molecule has 1 N–H and O–H groups in total. The van der Waals surface area contributed by atoms with Gasteiger partial charge in [0.05, 0.1) is 5.02 Å². The van der Waals surface area contributed by atoms with Crippen LogP contribution in [-0.2, 0) is 0 Å². The Balaban J connectivity index is 1.86. The first-order valence-electron chi connectivity index (χ1n) is 5.94. The molecule has 6 heteroatoms. The van der Waals surface area contributed by atoms with Gasteiger partial charge in [0.2, 0.25) is 0 Å². The van der Waals surface area contributed by atoms with E-state index in [2.05, 4.69) is 26.2 Å². The molecule has 98 valence electrons. The molecule has 0 spiro atoms. The topological polar surface area (TPSA) is 46.9 Å². The van der Waals surface area contributed by atoms with Gasteiger partial charge in [-0.2, -0.15) is 0 Å². The van der Waals surface area contributed by atoms with E-state index >= 15 is 0 Å². The molecule has 2 aromatic heterocycles. The zero-order chi connectivity index (χ0) is 13.4. The molecule has 1 saturated carbocycles. The maximum atomic E-state index is 12.3. The van der Waals surface area contributed by atoms with Crippen LogP contribution in [0.5, 0.6) is 0 Å². The van der Waals surface area contributed by atoms with Gasteiger partial charge in [0.1, 0.15) is 5.69 Å². The SMILES string of the molecule is O=C(Nc1ncccc1Cl)c1cc(Br)cn1C1CC1. The number of halogens is 2. The van der Waals surface area contributed by atoms with Crippen LogP contribution in [0, 0.1) is 0 Å². The van der Waals surface area contributed by atoms with E-state index in [1.54, 1.807) is 18.3 Å². The number of rotatable bonds is 3. The average molecular weight is 341 g/mol. The number of nitrogens with zero attached hydrogens (tertiary/aromatic N) is 2. The lowest BCUT2D eigenvalue weighted by atomic mass is 10.3. The van der Waals surface area contributed by atoms with Crippen LogP contribution in [0.3, 0.4) is 0 Å². The minimum atomic E-state index is -0.196. The van der Waals surface area contributed by atoms with E-state index in [4.69, 9.17) is 11.6 Å². The van der Waals surface area contributed by atoms with Crippen molar-refractivity contribution in [2.24, 2.45) is 0 Å². The Morgan fingerprint density at radius 1 is 1.53 bits per heavy atom. The van der Waals surface area contributed by atoms with Gasteiger partial charge in [0.15, 0.2) is 5.82 Å². The van der Waals surface area contributed by atoms with Crippen molar-refractivity contribution >= 4 is 39.3 Å². The first-order chi connectivity index (χ1) is 9.15. The Hall–Kier alpha value is -1.33. The van der Waals surface area contributed by atoms with E-state index in [0.29, 0.717) is 22.6 Å². The third-order valence-electron chi connectivity index (χ3n) is 2.98. The van der Waals surface area contributed by atoms with Crippen LogP contribution in [0.1, 0.15) is 29.4 Å². The maximum Gasteiger partial charge on any atom is 0.273 e. The summed E-state index contributed by atoms with van der Waals surface area (Å²) in [5.41, 5.74) is 0.621. The number of pyridine rings is 1. The summed E-state index contributed by atoms with van der Waals surface area (Å²) in [5, 5.41) is 3.17. The largest absolute Gasteiger partial charge is 0.339 e. The molecule has 2 heterocycles. The highest BCUT2D eigenvalue weighted by molar-refractivity contribution is 9.10. The van der Waals surface area contributed by atoms with Gasteiger partial charge in [-0.3, -0.25) is 4.79 Å². The predicted octanol–water partition coefficient (Wildman–Crippen LogP) is 3.89. The van der Waals surface area contributed by atoms with Gasteiger partial charge in [-0.25, -0.2) is 4.98 Å². The molecule has 0 bridgehead atoms. The maximum absolute atomic E-state index is 12.3. The molecule has 0 aliphatic heterocycles. The fraction of sp³-hybridized carbons (Fsp3) is 0.231. The van der Waals surface area contributed by atoms with Crippen molar-refractivity contribution in [1.82, 2.24) is 9.55 Å². The minimum absolute atomic E-state index is 0.196. The monoisotopic (exact) mass is 339 g/mol. The molecule has 0 radical (unpaired) electrons. The molecule has 1 fully saturated rings. The Kier molecular flexibility index (Phi) is 3.33. The summed E-state index contributed by atoms with van der Waals surface area (Å²) in [6.07, 6.45) is 5.77. The lowest BCUT2D eigenvalue weighted by molar-refractivity contribution is 0.101. The summed E-state index contributed by atoms with van der Waals surface area (Å²) in [7, 11) is 0. The summed E-state index contributed by atoms with van der Waals surface area (Å²) >= 11 is 9.39. The number of hydrogen-bond donors (Lipinski definition) is 1. The number of nitrogens with one attached hydrogen (secondary N) is 1. The second-order valence-corrected chi connectivity index (χ2v) is 5.79. The standard InChI is InChI=1S/C13H11BrClN3O/c14-8-6-11(18(7-8)9-3-4-9)13(19)17-12-10(15)2-1-5-16-12/h1-2,5-7,9H,3-4H2,(H,16,17,19). The lowest BCUT2D eigenvalue weighted by Crippen LogP contribution is -2.17. The molecule has 0 unspecified atom stereocenters. The normalized spacial score (nSPS) is 14.4. The zero-order valence-electron chi connectivity index (χ0n) is 9.94. The van der Waals surface area contributed by atoms with E-state index in [1.807, 2.05) is 16.8 Å². The molecule has 4 nitrogen and oxygen atoms in total. The molecule has 2 aromatic rings. The Labute approximate surface area is 123 Å². The highest BCUT2D eigenvalue weighted by Crippen LogP contribution is 2.37. The molecule has 0 atom stereocenters. The van der Waals surface area contributed by atoms with Crippen molar-refractivity contribution in [3.63, 3.8) is 0 Å². The van der Waals surface area contributed by atoms with Gasteiger partial charge >= 0.3 is 0 Å². The van der Waals surface area contributed by atoms with Gasteiger partial charge in [0.25, 0.3) is 5.91 Å². The summed E-state index contributed by atoms with van der Waals surface area (Å²) in [5.74, 6) is 0.187. The third kappa shape index (κ3) is 2.67. The number of aromatic nitrogens is 2. The van der Waals surface area contributed by atoms with Crippen LogP contribution < -0.4 is 5.32 Å². The molecule has 1 aliphatic carbocycles. The quantitative estimate of drug-likeness (QED) is 0.921. The fourth-order valence-electron chi connectivity index (χ4n) is 1.93. The van der Waals surface area contributed by atoms with E-state index in [-0.39, 0.29) is 5.91 Å². The van der Waals surface area contributed by atoms with Crippen LogP contribution in [0.15, 0.2) is 35.1 Å². The van der Waals surface area contributed by atoms with Crippen molar-refractivity contribution in [2.45, 2.75) is 18.9 Å². The van der Waals surface area contributed by atoms with Gasteiger partial charge in [-0.05, 0) is 47.0 Å². The van der Waals surface area contributed by atoms with Gasteiger partial charge in [0, 0.05) is 22.9 Å². The van der Waals surface area contributed by atoms with Gasteiger partial charge in [-0.15, -0.1) is 0 Å². The fourth-order valence-corrected chi connectivity index (χ4v) is 2.54. The van der Waals surface area contributed by atoms with E-state index in [1.165, 1.54) is 0 Å². The van der Waals surface area contributed by atoms with Gasteiger partial charge in [-0.1, -0.05) is 11.6 Å². The molecule has 3 rings (SSSR count).